The van der Waals surface area contributed by atoms with E-state index in [0.717, 1.165) is 19.5 Å². The second-order valence-electron chi connectivity index (χ2n) is 6.07. The molecule has 0 radical (unpaired) electrons. The Morgan fingerprint density at radius 1 is 1.35 bits per heavy atom. The van der Waals surface area contributed by atoms with Crippen LogP contribution in [-0.4, -0.2) is 48.0 Å². The molecule has 2 rings (SSSR count). The van der Waals surface area contributed by atoms with Crippen molar-refractivity contribution in [3.8, 4) is 0 Å². The third kappa shape index (κ3) is 3.67. The van der Waals surface area contributed by atoms with Crippen LogP contribution < -0.4 is 0 Å². The van der Waals surface area contributed by atoms with Gasteiger partial charge in [-0.25, -0.2) is 0 Å². The predicted molar refractivity (Wildman–Crippen MR) is 69.1 cm³/mol. The summed E-state index contributed by atoms with van der Waals surface area (Å²) in [4.78, 5) is 2.30. The molecule has 1 N–H and O–H groups in total. The molecule has 1 spiro atoms. The van der Waals surface area contributed by atoms with E-state index in [1.165, 1.54) is 38.5 Å². The van der Waals surface area contributed by atoms with Gasteiger partial charge in [0, 0.05) is 13.1 Å². The molecule has 1 heterocycles. The van der Waals surface area contributed by atoms with Gasteiger partial charge >= 0.3 is 0 Å². The first-order valence-electron chi connectivity index (χ1n) is 7.14. The van der Waals surface area contributed by atoms with Crippen LogP contribution in [0.1, 0.15) is 51.9 Å². The third-order valence-corrected chi connectivity index (χ3v) is 4.30. The van der Waals surface area contributed by atoms with Crippen LogP contribution in [0.3, 0.4) is 0 Å². The molecule has 0 bridgehead atoms. The highest BCUT2D eigenvalue weighted by Crippen LogP contribution is 2.43. The lowest BCUT2D eigenvalue weighted by atomic mass is 9.98. The molecule has 17 heavy (non-hydrogen) atoms. The van der Waals surface area contributed by atoms with Gasteiger partial charge in [-0.2, -0.15) is 0 Å². The highest BCUT2D eigenvalue weighted by Gasteiger charge is 2.42. The Labute approximate surface area is 105 Å². The molecule has 2 aliphatic rings. The van der Waals surface area contributed by atoms with Gasteiger partial charge < -0.3 is 14.7 Å². The molecular formula is C14H27NO2. The van der Waals surface area contributed by atoms with Gasteiger partial charge in [-0.3, -0.25) is 0 Å². The van der Waals surface area contributed by atoms with E-state index in [1.54, 1.807) is 0 Å². The second-order valence-corrected chi connectivity index (χ2v) is 6.07. The number of aliphatic hydroxyl groups is 1. The molecule has 1 aliphatic heterocycles. The minimum atomic E-state index is -0.192. The number of rotatable bonds is 5. The normalized spacial score (nSPS) is 29.3. The lowest BCUT2D eigenvalue weighted by molar-refractivity contribution is -0.0457. The van der Waals surface area contributed by atoms with Gasteiger partial charge in [0.15, 0.2) is 0 Å². The van der Waals surface area contributed by atoms with E-state index >= 15 is 0 Å². The summed E-state index contributed by atoms with van der Waals surface area (Å²) in [5.41, 5.74) is 0.260. The Balaban J connectivity index is 1.70. The first kappa shape index (κ1) is 13.3. The van der Waals surface area contributed by atoms with Gasteiger partial charge in [-0.05, 0) is 46.1 Å². The van der Waals surface area contributed by atoms with Crippen molar-refractivity contribution in [2.45, 2.75) is 69.7 Å². The Bertz CT molecular complexity index is 236. The number of ether oxygens (including phenoxy) is 1. The van der Waals surface area contributed by atoms with Crippen molar-refractivity contribution in [3.63, 3.8) is 0 Å². The first-order valence-corrected chi connectivity index (χ1v) is 7.14. The van der Waals surface area contributed by atoms with E-state index in [2.05, 4.69) is 11.9 Å². The average molecular weight is 241 g/mol. The fourth-order valence-corrected chi connectivity index (χ4v) is 3.26. The fraction of sp³-hybridized carbons (Fsp3) is 1.00. The second kappa shape index (κ2) is 5.68. The summed E-state index contributed by atoms with van der Waals surface area (Å²) < 4.78 is 6.28. The lowest BCUT2D eigenvalue weighted by Crippen LogP contribution is -2.33. The van der Waals surface area contributed by atoms with Crippen LogP contribution in [-0.2, 0) is 4.74 Å². The molecule has 2 atom stereocenters. The van der Waals surface area contributed by atoms with Crippen LogP contribution in [0, 0.1) is 0 Å². The summed E-state index contributed by atoms with van der Waals surface area (Å²) in [7, 11) is 2.13. The van der Waals surface area contributed by atoms with Crippen LogP contribution in [0.2, 0.25) is 0 Å². The number of aliphatic hydroxyl groups excluding tert-OH is 1. The lowest BCUT2D eigenvalue weighted by Gasteiger charge is -2.26. The largest absolute Gasteiger partial charge is 0.393 e. The van der Waals surface area contributed by atoms with Crippen molar-refractivity contribution in [3.05, 3.63) is 0 Å². The van der Waals surface area contributed by atoms with Gasteiger partial charge in [0.25, 0.3) is 0 Å². The average Bonchev–Trinajstić information content (AvgIpc) is 2.87. The number of likely N-dealkylation sites (N-methyl/N-ethyl adjacent to an activating group) is 1. The van der Waals surface area contributed by atoms with Gasteiger partial charge in [-0.15, -0.1) is 0 Å². The maximum absolute atomic E-state index is 9.27. The smallest absolute Gasteiger partial charge is 0.0710 e. The zero-order valence-electron chi connectivity index (χ0n) is 11.3. The molecule has 100 valence electrons. The molecular weight excluding hydrogens is 214 g/mol. The van der Waals surface area contributed by atoms with Gasteiger partial charge in [0.1, 0.15) is 0 Å². The maximum Gasteiger partial charge on any atom is 0.0710 e. The molecule has 0 aromatic rings. The molecule has 0 aromatic carbocycles. The van der Waals surface area contributed by atoms with Crippen LogP contribution >= 0.6 is 0 Å². The van der Waals surface area contributed by atoms with E-state index in [-0.39, 0.29) is 11.7 Å². The van der Waals surface area contributed by atoms with Crippen molar-refractivity contribution in [1.29, 1.82) is 0 Å². The Morgan fingerprint density at radius 3 is 2.71 bits per heavy atom. The zero-order chi connectivity index (χ0) is 12.3. The molecule has 1 saturated carbocycles. The Hall–Kier alpha value is -0.120. The topological polar surface area (TPSA) is 32.7 Å². The number of nitrogens with zero attached hydrogens (tertiary/aromatic N) is 1. The zero-order valence-corrected chi connectivity index (χ0v) is 11.3. The molecule has 1 aliphatic carbocycles. The minimum Gasteiger partial charge on any atom is -0.393 e. The predicted octanol–water partition coefficient (Wildman–Crippen LogP) is 2.18. The SMILES string of the molecule is CC(O)CCN(C)CC1CCC2(CCCC2)O1. The van der Waals surface area contributed by atoms with Crippen molar-refractivity contribution in [1.82, 2.24) is 4.90 Å². The molecule has 0 aromatic heterocycles. The Kier molecular flexibility index (Phi) is 4.45. The number of hydrogen-bond donors (Lipinski definition) is 1. The molecule has 2 fully saturated rings. The van der Waals surface area contributed by atoms with E-state index in [1.807, 2.05) is 6.92 Å². The summed E-state index contributed by atoms with van der Waals surface area (Å²) in [6.07, 6.45) is 8.84. The van der Waals surface area contributed by atoms with Crippen LogP contribution in [0.15, 0.2) is 0 Å². The van der Waals surface area contributed by atoms with E-state index in [9.17, 15) is 5.11 Å². The molecule has 3 nitrogen and oxygen atoms in total. The van der Waals surface area contributed by atoms with Gasteiger partial charge in [0.2, 0.25) is 0 Å². The highest BCUT2D eigenvalue weighted by molar-refractivity contribution is 4.93. The van der Waals surface area contributed by atoms with Crippen LogP contribution in [0.5, 0.6) is 0 Å². The quantitative estimate of drug-likeness (QED) is 0.801. The van der Waals surface area contributed by atoms with E-state index in [4.69, 9.17) is 4.74 Å². The van der Waals surface area contributed by atoms with Gasteiger partial charge in [0.05, 0.1) is 17.8 Å². The van der Waals surface area contributed by atoms with Crippen molar-refractivity contribution >= 4 is 0 Å². The van der Waals surface area contributed by atoms with Crippen LogP contribution in [0.4, 0.5) is 0 Å². The summed E-state index contributed by atoms with van der Waals surface area (Å²) in [6, 6.07) is 0. The summed E-state index contributed by atoms with van der Waals surface area (Å²) in [5.74, 6) is 0. The highest BCUT2D eigenvalue weighted by atomic mass is 16.5. The summed E-state index contributed by atoms with van der Waals surface area (Å²) in [5, 5.41) is 9.27. The van der Waals surface area contributed by atoms with Crippen LogP contribution in [0.25, 0.3) is 0 Å². The minimum absolute atomic E-state index is 0.192. The van der Waals surface area contributed by atoms with E-state index < -0.39 is 0 Å². The molecule has 1 saturated heterocycles. The molecule has 0 amide bonds. The van der Waals surface area contributed by atoms with Crippen molar-refractivity contribution < 1.29 is 9.84 Å². The maximum atomic E-state index is 9.27. The number of hydrogen-bond acceptors (Lipinski definition) is 3. The molecule has 2 unspecified atom stereocenters. The van der Waals surface area contributed by atoms with Gasteiger partial charge in [-0.1, -0.05) is 12.8 Å². The summed E-state index contributed by atoms with van der Waals surface area (Å²) in [6.45, 7) is 3.84. The van der Waals surface area contributed by atoms with Crippen molar-refractivity contribution in [2.75, 3.05) is 20.1 Å². The first-order chi connectivity index (χ1) is 8.10. The van der Waals surface area contributed by atoms with E-state index in [0.29, 0.717) is 6.10 Å². The Morgan fingerprint density at radius 2 is 2.06 bits per heavy atom. The fourth-order valence-electron chi connectivity index (χ4n) is 3.26. The standard InChI is InChI=1S/C14H27NO2/c1-12(16)6-10-15(2)11-13-5-9-14(17-13)7-3-4-8-14/h12-13,16H,3-11H2,1-2H3. The molecule has 3 heteroatoms. The monoisotopic (exact) mass is 241 g/mol. The summed E-state index contributed by atoms with van der Waals surface area (Å²) >= 11 is 0. The van der Waals surface area contributed by atoms with Crippen molar-refractivity contribution in [2.24, 2.45) is 0 Å². The third-order valence-electron chi connectivity index (χ3n) is 4.30.